The van der Waals surface area contributed by atoms with Crippen molar-refractivity contribution in [2.45, 2.75) is 51.6 Å². The van der Waals surface area contributed by atoms with Gasteiger partial charge in [0.1, 0.15) is 11.1 Å². The zero-order valence-electron chi connectivity index (χ0n) is 16.3. The van der Waals surface area contributed by atoms with Crippen molar-refractivity contribution in [2.24, 2.45) is 5.92 Å². The molecule has 10 heteroatoms. The van der Waals surface area contributed by atoms with Crippen LogP contribution >= 0.6 is 11.6 Å². The number of carbonyl (C=O) groups excluding carboxylic acids is 3. The van der Waals surface area contributed by atoms with Gasteiger partial charge >= 0.3 is 5.97 Å². The maximum Gasteiger partial charge on any atom is 0.329 e. The highest BCUT2D eigenvalue weighted by Gasteiger charge is 2.28. The lowest BCUT2D eigenvalue weighted by Crippen LogP contribution is -2.46. The number of benzene rings is 1. The molecule has 1 aromatic rings. The Morgan fingerprint density at radius 2 is 1.93 bits per heavy atom. The van der Waals surface area contributed by atoms with E-state index in [0.29, 0.717) is 0 Å². The fourth-order valence-electron chi connectivity index (χ4n) is 3.08. The van der Waals surface area contributed by atoms with Gasteiger partial charge in [0.2, 0.25) is 0 Å². The Labute approximate surface area is 173 Å². The van der Waals surface area contributed by atoms with Crippen molar-refractivity contribution >= 4 is 35.1 Å². The minimum absolute atomic E-state index is 0.0153. The van der Waals surface area contributed by atoms with E-state index in [1.807, 2.05) is 0 Å². The summed E-state index contributed by atoms with van der Waals surface area (Å²) in [6.07, 6.45) is 3.96. The zero-order chi connectivity index (χ0) is 21.6. The van der Waals surface area contributed by atoms with E-state index in [-0.39, 0.29) is 28.5 Å². The van der Waals surface area contributed by atoms with Crippen LogP contribution in [0.15, 0.2) is 18.2 Å². The van der Waals surface area contributed by atoms with Gasteiger partial charge in [-0.2, -0.15) is 0 Å². The van der Waals surface area contributed by atoms with Crippen LogP contribution in [0.4, 0.5) is 5.69 Å². The van der Waals surface area contributed by atoms with Crippen molar-refractivity contribution in [3.63, 3.8) is 0 Å². The predicted molar refractivity (Wildman–Crippen MR) is 106 cm³/mol. The lowest BCUT2D eigenvalue weighted by Gasteiger charge is -2.21. The first-order valence-corrected chi connectivity index (χ1v) is 9.77. The summed E-state index contributed by atoms with van der Waals surface area (Å²) in [6, 6.07) is 2.70. The monoisotopic (exact) mass is 425 g/mol. The first-order chi connectivity index (χ1) is 13.7. The van der Waals surface area contributed by atoms with Gasteiger partial charge in [0.05, 0.1) is 4.92 Å². The third-order valence-electron chi connectivity index (χ3n) is 4.68. The Balaban J connectivity index is 1.96. The number of nitro groups is 1. The van der Waals surface area contributed by atoms with Gasteiger partial charge < -0.3 is 15.4 Å². The fraction of sp³-hybridized carbons (Fsp3) is 0.526. The Morgan fingerprint density at radius 1 is 1.28 bits per heavy atom. The molecule has 1 saturated carbocycles. The van der Waals surface area contributed by atoms with Crippen LogP contribution in [0.3, 0.4) is 0 Å². The molecule has 0 radical (unpaired) electrons. The standard InChI is InChI=1S/C19H24ClN3O6/c1-11(2)17(19(26)29-10-16(24)21-13-5-3-4-6-13)22-18(25)12-7-8-14(20)15(9-12)23(27)28/h7-9,11,13,17H,3-6,10H2,1-2H3,(H,21,24)(H,22,25). The maximum atomic E-state index is 12.5. The van der Waals surface area contributed by atoms with Gasteiger partial charge in [0, 0.05) is 17.7 Å². The van der Waals surface area contributed by atoms with E-state index in [1.165, 1.54) is 12.1 Å². The lowest BCUT2D eigenvalue weighted by molar-refractivity contribution is -0.384. The molecule has 9 nitrogen and oxygen atoms in total. The van der Waals surface area contributed by atoms with Crippen molar-refractivity contribution in [1.29, 1.82) is 0 Å². The second-order valence-electron chi connectivity index (χ2n) is 7.28. The highest BCUT2D eigenvalue weighted by molar-refractivity contribution is 6.32. The maximum absolute atomic E-state index is 12.5. The second-order valence-corrected chi connectivity index (χ2v) is 7.68. The van der Waals surface area contributed by atoms with Crippen molar-refractivity contribution in [2.75, 3.05) is 6.61 Å². The van der Waals surface area contributed by atoms with Crippen LogP contribution in [0.5, 0.6) is 0 Å². The third kappa shape index (κ3) is 6.42. The summed E-state index contributed by atoms with van der Waals surface area (Å²) < 4.78 is 5.06. The molecule has 1 fully saturated rings. The topological polar surface area (TPSA) is 128 Å². The van der Waals surface area contributed by atoms with Gasteiger partial charge in [-0.15, -0.1) is 0 Å². The van der Waals surface area contributed by atoms with Crippen LogP contribution in [0, 0.1) is 16.0 Å². The Kier molecular flexibility index (Phi) is 7.95. The van der Waals surface area contributed by atoms with Crippen molar-refractivity contribution in [3.8, 4) is 0 Å². The van der Waals surface area contributed by atoms with Crippen molar-refractivity contribution < 1.29 is 24.0 Å². The SMILES string of the molecule is CC(C)C(NC(=O)c1ccc(Cl)c([N+](=O)[O-])c1)C(=O)OCC(=O)NC1CCCC1. The second kappa shape index (κ2) is 10.2. The zero-order valence-corrected chi connectivity index (χ0v) is 17.0. The normalized spacial score (nSPS) is 15.0. The molecule has 0 heterocycles. The number of esters is 1. The minimum Gasteiger partial charge on any atom is -0.454 e. The molecule has 1 aliphatic rings. The number of nitrogens with zero attached hydrogens (tertiary/aromatic N) is 1. The number of nitro benzene ring substituents is 1. The largest absolute Gasteiger partial charge is 0.454 e. The van der Waals surface area contributed by atoms with Gasteiger partial charge in [0.25, 0.3) is 17.5 Å². The van der Waals surface area contributed by atoms with Crippen LogP contribution < -0.4 is 10.6 Å². The Bertz CT molecular complexity index is 792. The highest BCUT2D eigenvalue weighted by Crippen LogP contribution is 2.25. The molecule has 29 heavy (non-hydrogen) atoms. The molecular weight excluding hydrogens is 402 g/mol. The van der Waals surface area contributed by atoms with Crippen LogP contribution in [-0.4, -0.2) is 41.4 Å². The van der Waals surface area contributed by atoms with Gasteiger partial charge in [-0.3, -0.25) is 19.7 Å². The van der Waals surface area contributed by atoms with E-state index in [2.05, 4.69) is 10.6 Å². The molecule has 1 aromatic carbocycles. The number of amides is 2. The molecule has 0 aromatic heterocycles. The number of ether oxygens (including phenoxy) is 1. The van der Waals surface area contributed by atoms with E-state index >= 15 is 0 Å². The average Bonchev–Trinajstić information content (AvgIpc) is 3.16. The van der Waals surface area contributed by atoms with E-state index < -0.39 is 35.1 Å². The van der Waals surface area contributed by atoms with Crippen LogP contribution in [0.25, 0.3) is 0 Å². The first-order valence-electron chi connectivity index (χ1n) is 9.40. The van der Waals surface area contributed by atoms with E-state index in [4.69, 9.17) is 16.3 Å². The summed E-state index contributed by atoms with van der Waals surface area (Å²) in [5.74, 6) is -2.15. The van der Waals surface area contributed by atoms with E-state index in [0.717, 1.165) is 31.7 Å². The molecule has 1 atom stereocenters. The van der Waals surface area contributed by atoms with E-state index in [9.17, 15) is 24.5 Å². The van der Waals surface area contributed by atoms with Gasteiger partial charge in [-0.1, -0.05) is 38.3 Å². The Hall–Kier alpha value is -2.68. The van der Waals surface area contributed by atoms with Crippen LogP contribution in [-0.2, 0) is 14.3 Å². The number of halogens is 1. The molecule has 158 valence electrons. The summed E-state index contributed by atoms with van der Waals surface area (Å²) in [5, 5.41) is 16.2. The van der Waals surface area contributed by atoms with Gasteiger partial charge in [-0.25, -0.2) is 4.79 Å². The molecule has 2 amide bonds. The molecule has 1 aliphatic carbocycles. The quantitative estimate of drug-likeness (QED) is 0.374. The molecular formula is C19H24ClN3O6. The van der Waals surface area contributed by atoms with Gasteiger partial charge in [-0.05, 0) is 30.9 Å². The summed E-state index contributed by atoms with van der Waals surface area (Å²) >= 11 is 5.75. The molecule has 2 N–H and O–H groups in total. The van der Waals surface area contributed by atoms with Crippen LogP contribution in [0.2, 0.25) is 5.02 Å². The van der Waals surface area contributed by atoms with Crippen LogP contribution in [0.1, 0.15) is 49.9 Å². The van der Waals surface area contributed by atoms with Crippen molar-refractivity contribution in [3.05, 3.63) is 38.9 Å². The minimum atomic E-state index is -1.02. The van der Waals surface area contributed by atoms with Crippen molar-refractivity contribution in [1.82, 2.24) is 10.6 Å². The van der Waals surface area contributed by atoms with Gasteiger partial charge in [0.15, 0.2) is 6.61 Å². The fourth-order valence-corrected chi connectivity index (χ4v) is 3.27. The number of carbonyl (C=O) groups is 3. The number of hydrogen-bond donors (Lipinski definition) is 2. The number of rotatable bonds is 8. The molecule has 0 bridgehead atoms. The molecule has 2 rings (SSSR count). The Morgan fingerprint density at radius 3 is 2.52 bits per heavy atom. The number of nitrogens with one attached hydrogen (secondary N) is 2. The smallest absolute Gasteiger partial charge is 0.329 e. The predicted octanol–water partition coefficient (Wildman–Crippen LogP) is 2.60. The summed E-state index contributed by atoms with van der Waals surface area (Å²) in [4.78, 5) is 47.0. The lowest BCUT2D eigenvalue weighted by atomic mass is 10.0. The molecule has 0 spiro atoms. The highest BCUT2D eigenvalue weighted by atomic mass is 35.5. The number of hydrogen-bond acceptors (Lipinski definition) is 6. The van der Waals surface area contributed by atoms with E-state index in [1.54, 1.807) is 13.8 Å². The molecule has 0 saturated heterocycles. The average molecular weight is 426 g/mol. The summed E-state index contributed by atoms with van der Waals surface area (Å²) in [7, 11) is 0. The molecule has 1 unspecified atom stereocenters. The summed E-state index contributed by atoms with van der Waals surface area (Å²) in [6.45, 7) is 2.98. The third-order valence-corrected chi connectivity index (χ3v) is 5.00. The summed E-state index contributed by atoms with van der Waals surface area (Å²) in [5.41, 5.74) is -0.426. The molecule has 0 aliphatic heterocycles. The first kappa shape index (κ1) is 22.6.